The quantitative estimate of drug-likeness (QED) is 0.747. The molecule has 0 radical (unpaired) electrons. The summed E-state index contributed by atoms with van der Waals surface area (Å²) in [5, 5.41) is 3.80. The lowest BCUT2D eigenvalue weighted by atomic mass is 9.86. The van der Waals surface area contributed by atoms with E-state index in [1.807, 2.05) is 25.1 Å². The molecule has 2 aromatic rings. The van der Waals surface area contributed by atoms with Crippen molar-refractivity contribution in [2.45, 2.75) is 52.2 Å². The van der Waals surface area contributed by atoms with Crippen molar-refractivity contribution in [2.24, 2.45) is 5.92 Å². The fourth-order valence-electron chi connectivity index (χ4n) is 3.59. The molecule has 146 valence electrons. The van der Waals surface area contributed by atoms with Gasteiger partial charge < -0.3 is 19.2 Å². The van der Waals surface area contributed by atoms with Crippen molar-refractivity contribution >= 4 is 22.8 Å². The van der Waals surface area contributed by atoms with Crippen LogP contribution in [0.5, 0.6) is 0 Å². The van der Waals surface area contributed by atoms with Gasteiger partial charge in [0.2, 0.25) is 5.76 Å². The van der Waals surface area contributed by atoms with Crippen LogP contribution in [0.15, 0.2) is 28.7 Å². The van der Waals surface area contributed by atoms with Crippen LogP contribution in [0.3, 0.4) is 0 Å². The topological polar surface area (TPSA) is 77.8 Å². The van der Waals surface area contributed by atoms with Gasteiger partial charge in [-0.15, -0.1) is 0 Å². The second-order valence-corrected chi connectivity index (χ2v) is 7.05. The van der Waals surface area contributed by atoms with Gasteiger partial charge in [-0.3, -0.25) is 4.79 Å². The Labute approximate surface area is 159 Å². The van der Waals surface area contributed by atoms with Gasteiger partial charge in [0, 0.05) is 23.6 Å². The molecule has 1 amide bonds. The van der Waals surface area contributed by atoms with Gasteiger partial charge in [-0.25, -0.2) is 4.79 Å². The Morgan fingerprint density at radius 2 is 2.00 bits per heavy atom. The third-order valence-corrected chi connectivity index (χ3v) is 5.13. The standard InChI is InChI=1S/C21H27NO5/c1-3-25-12-16-15-9-5-7-11-18(15)27-20(16)21(24)26-13-19(23)22-17-10-6-4-8-14(17)2/h5,7,9,11,14,17H,3-4,6,8,10,12-13H2,1-2H3,(H,22,23)/t14-,17+/m1/s1. The highest BCUT2D eigenvalue weighted by Crippen LogP contribution is 2.27. The number of fused-ring (bicyclic) bond motifs is 1. The van der Waals surface area contributed by atoms with E-state index in [2.05, 4.69) is 12.2 Å². The number of hydrogen-bond donors (Lipinski definition) is 1. The fraction of sp³-hybridized carbons (Fsp3) is 0.524. The maximum atomic E-state index is 12.5. The first kappa shape index (κ1) is 19.4. The van der Waals surface area contributed by atoms with Crippen LogP contribution in [0.2, 0.25) is 0 Å². The molecule has 6 heteroatoms. The van der Waals surface area contributed by atoms with Crippen LogP contribution in [0.25, 0.3) is 11.0 Å². The van der Waals surface area contributed by atoms with Gasteiger partial charge in [0.15, 0.2) is 6.61 Å². The molecule has 1 heterocycles. The summed E-state index contributed by atoms with van der Waals surface area (Å²) in [6.07, 6.45) is 4.42. The molecule has 1 N–H and O–H groups in total. The number of para-hydroxylation sites is 1. The number of ether oxygens (including phenoxy) is 2. The smallest absolute Gasteiger partial charge is 0.375 e. The molecule has 0 aliphatic heterocycles. The molecule has 1 saturated carbocycles. The van der Waals surface area contributed by atoms with Gasteiger partial charge in [0.05, 0.1) is 6.61 Å². The van der Waals surface area contributed by atoms with Crippen LogP contribution in [0.1, 0.15) is 55.6 Å². The number of carbonyl (C=O) groups is 2. The molecule has 0 spiro atoms. The third kappa shape index (κ3) is 4.69. The lowest BCUT2D eigenvalue weighted by Gasteiger charge is -2.29. The average Bonchev–Trinajstić information content (AvgIpc) is 3.05. The highest BCUT2D eigenvalue weighted by atomic mass is 16.5. The van der Waals surface area contributed by atoms with E-state index in [0.29, 0.717) is 23.7 Å². The van der Waals surface area contributed by atoms with Gasteiger partial charge >= 0.3 is 5.97 Å². The van der Waals surface area contributed by atoms with Crippen molar-refractivity contribution in [1.82, 2.24) is 5.32 Å². The number of esters is 1. The Morgan fingerprint density at radius 3 is 2.78 bits per heavy atom. The molecule has 1 aliphatic carbocycles. The monoisotopic (exact) mass is 373 g/mol. The van der Waals surface area contributed by atoms with Crippen LogP contribution in [0.4, 0.5) is 0 Å². The molecule has 0 unspecified atom stereocenters. The highest BCUT2D eigenvalue weighted by molar-refractivity contribution is 5.96. The van der Waals surface area contributed by atoms with Crippen LogP contribution >= 0.6 is 0 Å². The number of carbonyl (C=O) groups excluding carboxylic acids is 2. The zero-order chi connectivity index (χ0) is 19.2. The maximum absolute atomic E-state index is 12.5. The van der Waals surface area contributed by atoms with Crippen molar-refractivity contribution < 1.29 is 23.5 Å². The van der Waals surface area contributed by atoms with Crippen molar-refractivity contribution in [3.63, 3.8) is 0 Å². The molecule has 0 bridgehead atoms. The number of benzene rings is 1. The predicted octanol–water partition coefficient (Wildman–Crippen LogP) is 3.82. The van der Waals surface area contributed by atoms with Gasteiger partial charge in [0.1, 0.15) is 5.58 Å². The Hall–Kier alpha value is -2.34. The van der Waals surface area contributed by atoms with Crippen LogP contribution < -0.4 is 5.32 Å². The summed E-state index contributed by atoms with van der Waals surface area (Å²) in [5.74, 6) is -0.368. The first-order valence-corrected chi connectivity index (χ1v) is 9.64. The molecule has 0 saturated heterocycles. The summed E-state index contributed by atoms with van der Waals surface area (Å²) in [4.78, 5) is 24.7. The molecular formula is C21H27NO5. The van der Waals surface area contributed by atoms with Crippen LogP contribution in [0, 0.1) is 5.92 Å². The lowest BCUT2D eigenvalue weighted by molar-refractivity contribution is -0.125. The largest absolute Gasteiger partial charge is 0.450 e. The Morgan fingerprint density at radius 1 is 1.22 bits per heavy atom. The summed E-state index contributed by atoms with van der Waals surface area (Å²) >= 11 is 0. The van der Waals surface area contributed by atoms with Crippen LogP contribution in [-0.4, -0.2) is 31.1 Å². The van der Waals surface area contributed by atoms with Crippen molar-refractivity contribution in [3.8, 4) is 0 Å². The first-order valence-electron chi connectivity index (χ1n) is 9.64. The van der Waals surface area contributed by atoms with E-state index in [1.165, 1.54) is 6.42 Å². The molecule has 1 aliphatic rings. The number of furan rings is 1. The maximum Gasteiger partial charge on any atom is 0.375 e. The highest BCUT2D eigenvalue weighted by Gasteiger charge is 2.25. The van der Waals surface area contributed by atoms with Crippen molar-refractivity contribution in [1.29, 1.82) is 0 Å². The number of rotatable bonds is 7. The molecule has 3 rings (SSSR count). The van der Waals surface area contributed by atoms with Crippen molar-refractivity contribution in [2.75, 3.05) is 13.2 Å². The number of amides is 1. The number of nitrogens with one attached hydrogen (secondary N) is 1. The predicted molar refractivity (Wildman–Crippen MR) is 101 cm³/mol. The normalized spacial score (nSPS) is 19.8. The third-order valence-electron chi connectivity index (χ3n) is 5.13. The minimum atomic E-state index is -0.646. The lowest BCUT2D eigenvalue weighted by Crippen LogP contribution is -2.42. The Kier molecular flexibility index (Phi) is 6.50. The van der Waals surface area contributed by atoms with E-state index in [0.717, 1.165) is 24.6 Å². The summed E-state index contributed by atoms with van der Waals surface area (Å²) in [6.45, 7) is 4.49. The van der Waals surface area contributed by atoms with Crippen LogP contribution in [-0.2, 0) is 20.9 Å². The summed E-state index contributed by atoms with van der Waals surface area (Å²) in [7, 11) is 0. The molecule has 6 nitrogen and oxygen atoms in total. The average molecular weight is 373 g/mol. The van der Waals surface area contributed by atoms with Gasteiger partial charge in [-0.2, -0.15) is 0 Å². The SMILES string of the molecule is CCOCc1c(C(=O)OCC(=O)N[C@H]2CCCC[C@H]2C)oc2ccccc12. The molecular weight excluding hydrogens is 346 g/mol. The Bertz CT molecular complexity index is 797. The van der Waals surface area contributed by atoms with E-state index in [4.69, 9.17) is 13.9 Å². The molecule has 1 aromatic carbocycles. The summed E-state index contributed by atoms with van der Waals surface area (Å²) in [5.41, 5.74) is 1.25. The second kappa shape index (κ2) is 9.04. The number of hydrogen-bond acceptors (Lipinski definition) is 5. The molecule has 1 aromatic heterocycles. The molecule has 2 atom stereocenters. The van der Waals surface area contributed by atoms with Gasteiger partial charge in [-0.05, 0) is 31.7 Å². The van der Waals surface area contributed by atoms with Gasteiger partial charge in [0.25, 0.3) is 5.91 Å². The van der Waals surface area contributed by atoms with E-state index < -0.39 is 5.97 Å². The summed E-state index contributed by atoms with van der Waals surface area (Å²) in [6, 6.07) is 7.54. The minimum Gasteiger partial charge on any atom is -0.450 e. The minimum absolute atomic E-state index is 0.100. The molecule has 27 heavy (non-hydrogen) atoms. The van der Waals surface area contributed by atoms with E-state index in [9.17, 15) is 9.59 Å². The first-order chi connectivity index (χ1) is 13.1. The van der Waals surface area contributed by atoms with E-state index in [1.54, 1.807) is 6.07 Å². The molecule has 1 fully saturated rings. The van der Waals surface area contributed by atoms with Crippen molar-refractivity contribution in [3.05, 3.63) is 35.6 Å². The zero-order valence-corrected chi connectivity index (χ0v) is 16.0. The Balaban J connectivity index is 1.64. The van der Waals surface area contributed by atoms with E-state index >= 15 is 0 Å². The van der Waals surface area contributed by atoms with E-state index in [-0.39, 0.29) is 30.9 Å². The summed E-state index contributed by atoms with van der Waals surface area (Å²) < 4.78 is 16.4. The zero-order valence-electron chi connectivity index (χ0n) is 16.0. The fourth-order valence-corrected chi connectivity index (χ4v) is 3.59. The van der Waals surface area contributed by atoms with Gasteiger partial charge in [-0.1, -0.05) is 38.0 Å². The second-order valence-electron chi connectivity index (χ2n) is 7.05.